The van der Waals surface area contributed by atoms with E-state index in [0.29, 0.717) is 6.54 Å². The molecule has 0 fully saturated rings. The number of rotatable bonds is 1. The average molecular weight is 149 g/mol. The molecule has 1 aromatic carbocycles. The van der Waals surface area contributed by atoms with Gasteiger partial charge in [-0.05, 0) is 12.1 Å². The lowest BCUT2D eigenvalue weighted by molar-refractivity contribution is 0.844. The zero-order chi connectivity index (χ0) is 7.68. The fraction of sp³-hybridized carbons (Fsp3) is 0.250. The maximum Gasteiger partial charge on any atom is 0.109 e. The molecule has 0 radical (unpaired) electrons. The van der Waals surface area contributed by atoms with Crippen LogP contribution in [0.5, 0.6) is 0 Å². The molecule has 0 aliphatic carbocycles. The molecule has 1 aliphatic heterocycles. The molecule has 0 aromatic heterocycles. The lowest BCUT2D eigenvalue weighted by atomic mass is 10.3. The van der Waals surface area contributed by atoms with Gasteiger partial charge in [-0.1, -0.05) is 12.1 Å². The molecule has 58 valence electrons. The zero-order valence-electron chi connectivity index (χ0n) is 6.17. The number of anilines is 2. The minimum Gasteiger partial charge on any atom is -0.363 e. The molecule has 0 amide bonds. The fourth-order valence-electron chi connectivity index (χ4n) is 1.26. The number of fused-ring (bicyclic) bond motifs is 1. The lowest BCUT2D eigenvalue weighted by Crippen LogP contribution is -2.31. The third-order valence-electron chi connectivity index (χ3n) is 1.82. The summed E-state index contributed by atoms with van der Waals surface area (Å²) in [5.41, 5.74) is 7.77. The molecule has 1 heterocycles. The van der Waals surface area contributed by atoms with Gasteiger partial charge >= 0.3 is 0 Å². The standard InChI is InChI=1S/C8H11N3/c9-5-8-10-6-3-1-2-4-7(6)11-8/h1-4,8,10-11H,5,9H2. The molecule has 3 heteroatoms. The molecular formula is C8H11N3. The highest BCUT2D eigenvalue weighted by Crippen LogP contribution is 2.27. The summed E-state index contributed by atoms with van der Waals surface area (Å²) in [6.07, 6.45) is 0.201. The maximum absolute atomic E-state index is 5.49. The third-order valence-corrected chi connectivity index (χ3v) is 1.82. The largest absolute Gasteiger partial charge is 0.363 e. The number of nitrogens with two attached hydrogens (primary N) is 1. The van der Waals surface area contributed by atoms with E-state index < -0.39 is 0 Å². The van der Waals surface area contributed by atoms with Gasteiger partial charge in [-0.3, -0.25) is 0 Å². The molecular weight excluding hydrogens is 138 g/mol. The minimum atomic E-state index is 0.201. The lowest BCUT2D eigenvalue weighted by Gasteiger charge is -2.07. The predicted octanol–water partition coefficient (Wildman–Crippen LogP) is 0.809. The van der Waals surface area contributed by atoms with Gasteiger partial charge in [-0.15, -0.1) is 0 Å². The molecule has 0 saturated heterocycles. The van der Waals surface area contributed by atoms with Crippen molar-refractivity contribution >= 4 is 11.4 Å². The van der Waals surface area contributed by atoms with Crippen LogP contribution in [0.25, 0.3) is 0 Å². The topological polar surface area (TPSA) is 50.1 Å². The van der Waals surface area contributed by atoms with Gasteiger partial charge in [0.25, 0.3) is 0 Å². The van der Waals surface area contributed by atoms with Gasteiger partial charge in [0.2, 0.25) is 0 Å². The van der Waals surface area contributed by atoms with Crippen LogP contribution in [0.3, 0.4) is 0 Å². The highest BCUT2D eigenvalue weighted by Gasteiger charge is 2.15. The first-order chi connectivity index (χ1) is 5.40. The first-order valence-corrected chi connectivity index (χ1v) is 3.72. The molecule has 0 saturated carbocycles. The summed E-state index contributed by atoms with van der Waals surface area (Å²) in [7, 11) is 0. The van der Waals surface area contributed by atoms with Gasteiger partial charge in [-0.2, -0.15) is 0 Å². The van der Waals surface area contributed by atoms with Crippen molar-refractivity contribution in [2.45, 2.75) is 6.17 Å². The smallest absolute Gasteiger partial charge is 0.109 e. The van der Waals surface area contributed by atoms with E-state index in [2.05, 4.69) is 10.6 Å². The summed E-state index contributed by atoms with van der Waals surface area (Å²) < 4.78 is 0. The minimum absolute atomic E-state index is 0.201. The summed E-state index contributed by atoms with van der Waals surface area (Å²) in [5, 5.41) is 6.50. The van der Waals surface area contributed by atoms with Crippen molar-refractivity contribution in [2.24, 2.45) is 5.73 Å². The Kier molecular flexibility index (Phi) is 1.43. The van der Waals surface area contributed by atoms with Crippen molar-refractivity contribution in [3.05, 3.63) is 24.3 Å². The summed E-state index contributed by atoms with van der Waals surface area (Å²) in [6, 6.07) is 8.09. The van der Waals surface area contributed by atoms with E-state index in [4.69, 9.17) is 5.73 Å². The monoisotopic (exact) mass is 149 g/mol. The van der Waals surface area contributed by atoms with Gasteiger partial charge in [0.15, 0.2) is 0 Å². The molecule has 0 spiro atoms. The van der Waals surface area contributed by atoms with Gasteiger partial charge in [0.05, 0.1) is 11.4 Å². The van der Waals surface area contributed by atoms with E-state index in [0.717, 1.165) is 11.4 Å². The molecule has 11 heavy (non-hydrogen) atoms. The number of nitrogens with one attached hydrogen (secondary N) is 2. The second kappa shape index (κ2) is 2.43. The van der Waals surface area contributed by atoms with Gasteiger partial charge in [-0.25, -0.2) is 0 Å². The summed E-state index contributed by atoms with van der Waals surface area (Å²) >= 11 is 0. The molecule has 4 N–H and O–H groups in total. The van der Waals surface area contributed by atoms with Crippen molar-refractivity contribution in [2.75, 3.05) is 17.2 Å². The highest BCUT2D eigenvalue weighted by molar-refractivity contribution is 5.74. The Bertz CT molecular complexity index is 234. The summed E-state index contributed by atoms with van der Waals surface area (Å²) in [5.74, 6) is 0. The number of hydrogen-bond acceptors (Lipinski definition) is 3. The highest BCUT2D eigenvalue weighted by atomic mass is 15.2. The van der Waals surface area contributed by atoms with Crippen LogP contribution in [0.1, 0.15) is 0 Å². The maximum atomic E-state index is 5.49. The van der Waals surface area contributed by atoms with Crippen LogP contribution in [-0.2, 0) is 0 Å². The zero-order valence-corrected chi connectivity index (χ0v) is 6.17. The van der Waals surface area contributed by atoms with Crippen molar-refractivity contribution in [3.8, 4) is 0 Å². The van der Waals surface area contributed by atoms with Gasteiger partial charge in [0.1, 0.15) is 6.17 Å². The Labute approximate surface area is 65.6 Å². The Morgan fingerprint density at radius 3 is 2.18 bits per heavy atom. The summed E-state index contributed by atoms with van der Waals surface area (Å²) in [4.78, 5) is 0. The van der Waals surface area contributed by atoms with E-state index in [1.807, 2.05) is 24.3 Å². The molecule has 1 aliphatic rings. The molecule has 0 atom stereocenters. The van der Waals surface area contributed by atoms with E-state index in [-0.39, 0.29) is 6.17 Å². The SMILES string of the molecule is NCC1Nc2ccccc2N1. The van der Waals surface area contributed by atoms with Crippen LogP contribution in [0.4, 0.5) is 11.4 Å². The van der Waals surface area contributed by atoms with Crippen LogP contribution >= 0.6 is 0 Å². The summed E-state index contributed by atoms with van der Waals surface area (Å²) in [6.45, 7) is 0.606. The van der Waals surface area contributed by atoms with Gasteiger partial charge < -0.3 is 16.4 Å². The van der Waals surface area contributed by atoms with Crippen molar-refractivity contribution < 1.29 is 0 Å². The Balaban J connectivity index is 2.27. The van der Waals surface area contributed by atoms with Crippen LogP contribution in [0, 0.1) is 0 Å². The van der Waals surface area contributed by atoms with Crippen LogP contribution in [0.15, 0.2) is 24.3 Å². The Morgan fingerprint density at radius 2 is 1.73 bits per heavy atom. The normalized spacial score (nSPS) is 15.4. The molecule has 0 bridgehead atoms. The first kappa shape index (κ1) is 6.49. The number of benzene rings is 1. The van der Waals surface area contributed by atoms with E-state index in [9.17, 15) is 0 Å². The molecule has 2 rings (SSSR count). The van der Waals surface area contributed by atoms with Crippen molar-refractivity contribution in [1.29, 1.82) is 0 Å². The average Bonchev–Trinajstić information content (AvgIpc) is 2.46. The van der Waals surface area contributed by atoms with Gasteiger partial charge in [0, 0.05) is 6.54 Å². The van der Waals surface area contributed by atoms with Crippen LogP contribution in [0.2, 0.25) is 0 Å². The predicted molar refractivity (Wildman–Crippen MR) is 46.5 cm³/mol. The second-order valence-corrected chi connectivity index (χ2v) is 2.62. The van der Waals surface area contributed by atoms with Crippen LogP contribution < -0.4 is 16.4 Å². The van der Waals surface area contributed by atoms with Crippen molar-refractivity contribution in [1.82, 2.24) is 0 Å². The quantitative estimate of drug-likeness (QED) is 0.553. The number of para-hydroxylation sites is 2. The molecule has 1 aromatic rings. The van der Waals surface area contributed by atoms with E-state index in [1.165, 1.54) is 0 Å². The number of hydrogen-bond donors (Lipinski definition) is 3. The Hall–Kier alpha value is -1.22. The van der Waals surface area contributed by atoms with E-state index in [1.54, 1.807) is 0 Å². The van der Waals surface area contributed by atoms with Crippen molar-refractivity contribution in [3.63, 3.8) is 0 Å². The van der Waals surface area contributed by atoms with E-state index >= 15 is 0 Å². The third kappa shape index (κ3) is 1.03. The van der Waals surface area contributed by atoms with Crippen LogP contribution in [-0.4, -0.2) is 12.7 Å². The molecule has 0 unspecified atom stereocenters. The molecule has 3 nitrogen and oxygen atoms in total. The first-order valence-electron chi connectivity index (χ1n) is 3.72. The fourth-order valence-corrected chi connectivity index (χ4v) is 1.26. The second-order valence-electron chi connectivity index (χ2n) is 2.62. The Morgan fingerprint density at radius 1 is 1.18 bits per heavy atom.